The van der Waals surface area contributed by atoms with E-state index < -0.39 is 18.0 Å². The molecule has 1 aromatic heterocycles. The van der Waals surface area contributed by atoms with E-state index in [0.717, 1.165) is 16.5 Å². The largest absolute Gasteiger partial charge is 0.453 e. The van der Waals surface area contributed by atoms with Gasteiger partial charge in [0.1, 0.15) is 0 Å². The molecule has 1 unspecified atom stereocenters. The number of benzene rings is 2. The Labute approximate surface area is 166 Å². The lowest BCUT2D eigenvalue weighted by Gasteiger charge is -2.14. The number of aromatic nitrogens is 1. The minimum Gasteiger partial charge on any atom is -0.453 e. The molecule has 0 spiro atoms. The van der Waals surface area contributed by atoms with Gasteiger partial charge in [-0.15, -0.1) is 0 Å². The van der Waals surface area contributed by atoms with Crippen molar-refractivity contribution < 1.29 is 14.3 Å². The standard InChI is InChI=1S/C20H18Cl2N2O3/c1-12(20(26)24-17-8-4-6-15(21)19(17)22)27-18(25)10-9-13-11-23-16-7-3-2-5-14(13)16/h2-8,11-12,23H,9-10H2,1H3,(H,24,26). The predicted molar refractivity (Wildman–Crippen MR) is 107 cm³/mol. The fourth-order valence-electron chi connectivity index (χ4n) is 2.72. The average molecular weight is 405 g/mol. The number of esters is 1. The van der Waals surface area contributed by atoms with Crippen molar-refractivity contribution in [3.8, 4) is 0 Å². The van der Waals surface area contributed by atoms with Gasteiger partial charge in [-0.05, 0) is 37.1 Å². The van der Waals surface area contributed by atoms with E-state index in [1.807, 2.05) is 30.5 Å². The summed E-state index contributed by atoms with van der Waals surface area (Å²) in [5.74, 6) is -0.917. The second-order valence-electron chi connectivity index (χ2n) is 6.08. The number of nitrogens with one attached hydrogen (secondary N) is 2. The summed E-state index contributed by atoms with van der Waals surface area (Å²) in [7, 11) is 0. The average Bonchev–Trinajstić information content (AvgIpc) is 3.07. The number of carbonyl (C=O) groups is 2. The highest BCUT2D eigenvalue weighted by atomic mass is 35.5. The van der Waals surface area contributed by atoms with Crippen molar-refractivity contribution in [2.24, 2.45) is 0 Å². The summed E-state index contributed by atoms with van der Waals surface area (Å²) in [5, 5.41) is 4.26. The molecule has 0 radical (unpaired) electrons. The maximum absolute atomic E-state index is 12.2. The number of aryl methyl sites for hydroxylation is 1. The first-order valence-electron chi connectivity index (χ1n) is 8.45. The third-order valence-electron chi connectivity index (χ3n) is 4.16. The van der Waals surface area contributed by atoms with Crippen LogP contribution in [0.1, 0.15) is 18.9 Å². The van der Waals surface area contributed by atoms with Crippen molar-refractivity contribution in [1.82, 2.24) is 4.98 Å². The molecule has 3 aromatic rings. The monoisotopic (exact) mass is 404 g/mol. The number of H-pyrrole nitrogens is 1. The lowest BCUT2D eigenvalue weighted by atomic mass is 10.1. The van der Waals surface area contributed by atoms with Gasteiger partial charge in [0, 0.05) is 23.5 Å². The van der Waals surface area contributed by atoms with E-state index in [1.165, 1.54) is 6.92 Å². The fourth-order valence-corrected chi connectivity index (χ4v) is 3.07. The summed E-state index contributed by atoms with van der Waals surface area (Å²) in [6, 6.07) is 12.8. The molecule has 0 bridgehead atoms. The van der Waals surface area contributed by atoms with Crippen LogP contribution in [0.25, 0.3) is 10.9 Å². The van der Waals surface area contributed by atoms with Gasteiger partial charge in [0.25, 0.3) is 5.91 Å². The van der Waals surface area contributed by atoms with Gasteiger partial charge in [-0.3, -0.25) is 9.59 Å². The first-order valence-corrected chi connectivity index (χ1v) is 9.20. The molecule has 0 aliphatic carbocycles. The third-order valence-corrected chi connectivity index (χ3v) is 4.98. The van der Waals surface area contributed by atoms with Gasteiger partial charge in [0.15, 0.2) is 6.10 Å². The third kappa shape index (κ3) is 4.62. The zero-order chi connectivity index (χ0) is 19.4. The van der Waals surface area contributed by atoms with Crippen LogP contribution in [-0.2, 0) is 20.7 Å². The molecule has 3 rings (SSSR count). The molecule has 0 saturated carbocycles. The van der Waals surface area contributed by atoms with Gasteiger partial charge in [-0.2, -0.15) is 0 Å². The Kier molecular flexibility index (Phi) is 6.04. The molecule has 1 atom stereocenters. The van der Waals surface area contributed by atoms with Gasteiger partial charge in [-0.1, -0.05) is 47.5 Å². The molecule has 2 aromatic carbocycles. The predicted octanol–water partition coefficient (Wildman–Crippen LogP) is 4.98. The van der Waals surface area contributed by atoms with E-state index in [4.69, 9.17) is 27.9 Å². The van der Waals surface area contributed by atoms with Gasteiger partial charge in [0.2, 0.25) is 0 Å². The second kappa shape index (κ2) is 8.46. The molecule has 2 N–H and O–H groups in total. The quantitative estimate of drug-likeness (QED) is 0.569. The second-order valence-corrected chi connectivity index (χ2v) is 6.87. The molecule has 5 nitrogen and oxygen atoms in total. The molecule has 1 heterocycles. The number of hydrogen-bond donors (Lipinski definition) is 2. The Morgan fingerprint density at radius 1 is 1.15 bits per heavy atom. The van der Waals surface area contributed by atoms with Gasteiger partial charge in [-0.25, -0.2) is 0 Å². The van der Waals surface area contributed by atoms with Crippen LogP contribution in [-0.4, -0.2) is 23.0 Å². The Bertz CT molecular complexity index is 984. The number of hydrogen-bond acceptors (Lipinski definition) is 3. The lowest BCUT2D eigenvalue weighted by molar-refractivity contribution is -0.153. The zero-order valence-corrected chi connectivity index (χ0v) is 16.1. The van der Waals surface area contributed by atoms with Crippen LogP contribution in [0.4, 0.5) is 5.69 Å². The van der Waals surface area contributed by atoms with Crippen molar-refractivity contribution >= 4 is 51.7 Å². The summed E-state index contributed by atoms with van der Waals surface area (Å²) < 4.78 is 5.23. The molecule has 27 heavy (non-hydrogen) atoms. The summed E-state index contributed by atoms with van der Waals surface area (Å²) in [4.78, 5) is 27.5. The molecule has 0 aliphatic rings. The Morgan fingerprint density at radius 2 is 1.93 bits per heavy atom. The summed E-state index contributed by atoms with van der Waals surface area (Å²) >= 11 is 12.0. The molecular formula is C20H18Cl2N2O3. The Balaban J connectivity index is 1.54. The smallest absolute Gasteiger partial charge is 0.306 e. The molecule has 1 amide bonds. The number of fused-ring (bicyclic) bond motifs is 1. The Hall–Kier alpha value is -2.50. The fraction of sp³-hybridized carbons (Fsp3) is 0.200. The molecular weight excluding hydrogens is 387 g/mol. The minimum absolute atomic E-state index is 0.178. The van der Waals surface area contributed by atoms with Crippen LogP contribution in [0.5, 0.6) is 0 Å². The highest BCUT2D eigenvalue weighted by Crippen LogP contribution is 2.29. The SMILES string of the molecule is CC(OC(=O)CCc1c[nH]c2ccccc12)C(=O)Nc1cccc(Cl)c1Cl. The van der Waals surface area contributed by atoms with E-state index >= 15 is 0 Å². The number of carbonyl (C=O) groups excluding carboxylic acids is 2. The maximum Gasteiger partial charge on any atom is 0.306 e. The highest BCUT2D eigenvalue weighted by Gasteiger charge is 2.19. The van der Waals surface area contributed by atoms with Crippen LogP contribution in [0.15, 0.2) is 48.7 Å². The van der Waals surface area contributed by atoms with E-state index in [2.05, 4.69) is 10.3 Å². The van der Waals surface area contributed by atoms with Crippen LogP contribution in [0, 0.1) is 0 Å². The van der Waals surface area contributed by atoms with Gasteiger partial charge >= 0.3 is 5.97 Å². The summed E-state index contributed by atoms with van der Waals surface area (Å²) in [6.07, 6.45) is 1.64. The van der Waals surface area contributed by atoms with Crippen LogP contribution in [0.3, 0.4) is 0 Å². The van der Waals surface area contributed by atoms with Crippen LogP contribution >= 0.6 is 23.2 Å². The normalized spacial score (nSPS) is 12.0. The van der Waals surface area contributed by atoms with Crippen molar-refractivity contribution in [3.63, 3.8) is 0 Å². The molecule has 0 saturated heterocycles. The minimum atomic E-state index is -0.949. The number of para-hydroxylation sites is 1. The van der Waals surface area contributed by atoms with Crippen molar-refractivity contribution in [2.75, 3.05) is 5.32 Å². The van der Waals surface area contributed by atoms with E-state index in [1.54, 1.807) is 18.2 Å². The molecule has 140 valence electrons. The first kappa shape index (κ1) is 19.3. The topological polar surface area (TPSA) is 71.2 Å². The van der Waals surface area contributed by atoms with Crippen molar-refractivity contribution in [1.29, 1.82) is 0 Å². The number of ether oxygens (including phenoxy) is 1. The molecule has 0 fully saturated rings. The maximum atomic E-state index is 12.2. The van der Waals surface area contributed by atoms with Crippen LogP contribution < -0.4 is 5.32 Å². The van der Waals surface area contributed by atoms with Crippen molar-refractivity contribution in [3.05, 3.63) is 64.3 Å². The number of halogens is 2. The zero-order valence-electron chi connectivity index (χ0n) is 14.6. The van der Waals surface area contributed by atoms with Crippen molar-refractivity contribution in [2.45, 2.75) is 25.9 Å². The van der Waals surface area contributed by atoms with Crippen LogP contribution in [0.2, 0.25) is 10.0 Å². The first-order chi connectivity index (χ1) is 13.0. The lowest BCUT2D eigenvalue weighted by Crippen LogP contribution is -2.30. The number of anilines is 1. The Morgan fingerprint density at radius 3 is 2.74 bits per heavy atom. The van der Waals surface area contributed by atoms with E-state index in [-0.39, 0.29) is 11.4 Å². The van der Waals surface area contributed by atoms with E-state index in [9.17, 15) is 9.59 Å². The summed E-state index contributed by atoms with van der Waals surface area (Å²) in [6.45, 7) is 1.51. The number of aromatic amines is 1. The van der Waals surface area contributed by atoms with E-state index in [0.29, 0.717) is 17.1 Å². The number of amides is 1. The number of rotatable bonds is 6. The van der Waals surface area contributed by atoms with Gasteiger partial charge in [0.05, 0.1) is 15.7 Å². The molecule has 0 aliphatic heterocycles. The highest BCUT2D eigenvalue weighted by molar-refractivity contribution is 6.44. The summed E-state index contributed by atoms with van der Waals surface area (Å²) in [5.41, 5.74) is 2.42. The van der Waals surface area contributed by atoms with Gasteiger partial charge < -0.3 is 15.0 Å². The molecule has 7 heteroatoms.